The summed E-state index contributed by atoms with van der Waals surface area (Å²) < 4.78 is 18.6. The number of aryl methyl sites for hydroxylation is 1. The van der Waals surface area contributed by atoms with Crippen molar-refractivity contribution in [2.75, 3.05) is 58.9 Å². The predicted octanol–water partition coefficient (Wildman–Crippen LogP) is 3.07. The maximum atomic E-state index is 5.62. The number of methoxy groups -OCH3 is 2. The first-order chi connectivity index (χ1) is 14.2. The van der Waals surface area contributed by atoms with Gasteiger partial charge in [-0.3, -0.25) is 9.30 Å². The Bertz CT molecular complexity index is 980. The van der Waals surface area contributed by atoms with E-state index in [1.165, 1.54) is 5.56 Å². The number of aromatic nitrogens is 2. The third kappa shape index (κ3) is 4.16. The molecule has 0 saturated carbocycles. The lowest BCUT2D eigenvalue weighted by molar-refractivity contribution is 0.0398. The Morgan fingerprint density at radius 1 is 1.10 bits per heavy atom. The van der Waals surface area contributed by atoms with E-state index in [2.05, 4.69) is 33.8 Å². The molecule has 0 aliphatic carbocycles. The molecule has 1 aromatic carbocycles. The SMILES string of the molecule is COc1ccc(OC)c(-c2nc3ccc(C)cn3c2NCCN2CCOCC2)c1. The van der Waals surface area contributed by atoms with Crippen LogP contribution in [0, 0.1) is 6.92 Å². The third-order valence-electron chi connectivity index (χ3n) is 5.25. The Kier molecular flexibility index (Phi) is 5.87. The number of rotatable bonds is 7. The monoisotopic (exact) mass is 396 g/mol. The molecule has 0 spiro atoms. The maximum absolute atomic E-state index is 5.62. The predicted molar refractivity (Wildman–Crippen MR) is 114 cm³/mol. The lowest BCUT2D eigenvalue weighted by Crippen LogP contribution is -2.39. The van der Waals surface area contributed by atoms with Crippen LogP contribution in [0.4, 0.5) is 5.82 Å². The molecule has 0 bridgehead atoms. The van der Waals surface area contributed by atoms with E-state index in [9.17, 15) is 0 Å². The molecule has 1 aliphatic rings. The van der Waals surface area contributed by atoms with E-state index in [0.717, 1.165) is 73.6 Å². The van der Waals surface area contributed by atoms with Crippen molar-refractivity contribution in [3.8, 4) is 22.8 Å². The van der Waals surface area contributed by atoms with Crippen molar-refractivity contribution < 1.29 is 14.2 Å². The highest BCUT2D eigenvalue weighted by Gasteiger charge is 2.19. The second kappa shape index (κ2) is 8.71. The zero-order chi connectivity index (χ0) is 20.2. The molecule has 154 valence electrons. The van der Waals surface area contributed by atoms with Gasteiger partial charge < -0.3 is 19.5 Å². The van der Waals surface area contributed by atoms with Gasteiger partial charge in [0.2, 0.25) is 0 Å². The number of nitrogens with zero attached hydrogens (tertiary/aromatic N) is 3. The summed E-state index contributed by atoms with van der Waals surface area (Å²) in [6.45, 7) is 7.43. The average molecular weight is 396 g/mol. The molecule has 2 aromatic heterocycles. The summed E-state index contributed by atoms with van der Waals surface area (Å²) in [5.74, 6) is 2.50. The summed E-state index contributed by atoms with van der Waals surface area (Å²) >= 11 is 0. The Balaban J connectivity index is 1.70. The van der Waals surface area contributed by atoms with E-state index in [-0.39, 0.29) is 0 Å². The van der Waals surface area contributed by atoms with Crippen molar-refractivity contribution in [2.24, 2.45) is 0 Å². The quantitative estimate of drug-likeness (QED) is 0.662. The number of fused-ring (bicyclic) bond motifs is 1. The fourth-order valence-electron chi connectivity index (χ4n) is 3.66. The fraction of sp³-hybridized carbons (Fsp3) is 0.409. The smallest absolute Gasteiger partial charge is 0.139 e. The molecule has 1 fully saturated rings. The molecule has 29 heavy (non-hydrogen) atoms. The van der Waals surface area contributed by atoms with Crippen LogP contribution >= 0.6 is 0 Å². The highest BCUT2D eigenvalue weighted by molar-refractivity contribution is 5.81. The van der Waals surface area contributed by atoms with Gasteiger partial charge >= 0.3 is 0 Å². The molecule has 3 aromatic rings. The molecule has 0 unspecified atom stereocenters. The summed E-state index contributed by atoms with van der Waals surface area (Å²) in [5.41, 5.74) is 3.83. The molecule has 1 N–H and O–H groups in total. The molecule has 7 heteroatoms. The minimum atomic E-state index is 0.766. The van der Waals surface area contributed by atoms with E-state index in [1.54, 1.807) is 14.2 Å². The second-order valence-electron chi connectivity index (χ2n) is 7.19. The van der Waals surface area contributed by atoms with Gasteiger partial charge in [-0.25, -0.2) is 4.98 Å². The van der Waals surface area contributed by atoms with Crippen molar-refractivity contribution in [2.45, 2.75) is 6.92 Å². The largest absolute Gasteiger partial charge is 0.497 e. The van der Waals surface area contributed by atoms with Gasteiger partial charge in [-0.15, -0.1) is 0 Å². The van der Waals surface area contributed by atoms with Crippen molar-refractivity contribution >= 4 is 11.5 Å². The topological polar surface area (TPSA) is 60.3 Å². The van der Waals surface area contributed by atoms with Gasteiger partial charge in [-0.05, 0) is 36.8 Å². The first-order valence-corrected chi connectivity index (χ1v) is 9.94. The van der Waals surface area contributed by atoms with Gasteiger partial charge in [0.25, 0.3) is 0 Å². The van der Waals surface area contributed by atoms with Gasteiger partial charge in [-0.1, -0.05) is 6.07 Å². The fourth-order valence-corrected chi connectivity index (χ4v) is 3.66. The molecule has 0 radical (unpaired) electrons. The van der Waals surface area contributed by atoms with Crippen LogP contribution in [0.15, 0.2) is 36.5 Å². The van der Waals surface area contributed by atoms with Crippen LogP contribution in [0.3, 0.4) is 0 Å². The summed E-state index contributed by atoms with van der Waals surface area (Å²) in [5, 5.41) is 3.62. The summed E-state index contributed by atoms with van der Waals surface area (Å²) in [6, 6.07) is 9.90. The van der Waals surface area contributed by atoms with Gasteiger partial charge in [0.1, 0.15) is 28.7 Å². The van der Waals surface area contributed by atoms with Gasteiger partial charge in [-0.2, -0.15) is 0 Å². The number of anilines is 1. The van der Waals surface area contributed by atoms with Crippen molar-refractivity contribution in [3.63, 3.8) is 0 Å². The van der Waals surface area contributed by atoms with Crippen LogP contribution < -0.4 is 14.8 Å². The number of imidazole rings is 1. The second-order valence-corrected chi connectivity index (χ2v) is 7.19. The number of hydrogen-bond donors (Lipinski definition) is 1. The number of morpholine rings is 1. The average Bonchev–Trinajstić information content (AvgIpc) is 3.11. The highest BCUT2D eigenvalue weighted by Crippen LogP contribution is 2.37. The van der Waals surface area contributed by atoms with Crippen molar-refractivity contribution in [3.05, 3.63) is 42.1 Å². The van der Waals surface area contributed by atoms with E-state index < -0.39 is 0 Å². The number of hydrogen-bond acceptors (Lipinski definition) is 6. The normalized spacial score (nSPS) is 14.9. The molecule has 1 aliphatic heterocycles. The lowest BCUT2D eigenvalue weighted by atomic mass is 10.1. The molecule has 3 heterocycles. The maximum Gasteiger partial charge on any atom is 0.139 e. The molecule has 1 saturated heterocycles. The van der Waals surface area contributed by atoms with Gasteiger partial charge in [0.05, 0.1) is 27.4 Å². The number of pyridine rings is 1. The van der Waals surface area contributed by atoms with Crippen LogP contribution in [0.25, 0.3) is 16.9 Å². The van der Waals surface area contributed by atoms with E-state index >= 15 is 0 Å². The molecule has 7 nitrogen and oxygen atoms in total. The van der Waals surface area contributed by atoms with Crippen LogP contribution in [0.5, 0.6) is 11.5 Å². The highest BCUT2D eigenvalue weighted by atomic mass is 16.5. The van der Waals surface area contributed by atoms with Gasteiger partial charge in [0.15, 0.2) is 0 Å². The van der Waals surface area contributed by atoms with Crippen LogP contribution in [-0.4, -0.2) is 67.9 Å². The molecular formula is C22H28N4O3. The molecular weight excluding hydrogens is 368 g/mol. The summed E-state index contributed by atoms with van der Waals surface area (Å²) in [4.78, 5) is 7.32. The number of benzene rings is 1. The molecule has 4 rings (SSSR count). The van der Waals surface area contributed by atoms with Crippen molar-refractivity contribution in [1.82, 2.24) is 14.3 Å². The van der Waals surface area contributed by atoms with E-state index in [0.29, 0.717) is 0 Å². The first kappa shape index (κ1) is 19.5. The molecule has 0 atom stereocenters. The Morgan fingerprint density at radius 3 is 2.69 bits per heavy atom. The zero-order valence-corrected chi connectivity index (χ0v) is 17.3. The summed E-state index contributed by atoms with van der Waals surface area (Å²) in [6.07, 6.45) is 2.11. The minimum Gasteiger partial charge on any atom is -0.497 e. The Hall–Kier alpha value is -2.77. The zero-order valence-electron chi connectivity index (χ0n) is 17.3. The summed E-state index contributed by atoms with van der Waals surface area (Å²) in [7, 11) is 3.34. The van der Waals surface area contributed by atoms with Crippen molar-refractivity contribution in [1.29, 1.82) is 0 Å². The Morgan fingerprint density at radius 2 is 1.93 bits per heavy atom. The van der Waals surface area contributed by atoms with Crippen LogP contribution in [0.1, 0.15) is 5.56 Å². The lowest BCUT2D eigenvalue weighted by Gasteiger charge is -2.26. The Labute approximate surface area is 171 Å². The minimum absolute atomic E-state index is 0.766. The van der Waals surface area contributed by atoms with E-state index in [4.69, 9.17) is 19.2 Å². The standard InChI is InChI=1S/C22H28N4O3/c1-16-4-7-20-24-21(18-14-17(27-2)5-6-19(18)28-3)22(26(20)15-16)23-8-9-25-10-12-29-13-11-25/h4-7,14-15,23H,8-13H2,1-3H3. The number of ether oxygens (including phenoxy) is 3. The first-order valence-electron chi connectivity index (χ1n) is 9.94. The van der Waals surface area contributed by atoms with Crippen LogP contribution in [0.2, 0.25) is 0 Å². The molecule has 0 amide bonds. The van der Waals surface area contributed by atoms with Gasteiger partial charge in [0, 0.05) is 37.9 Å². The third-order valence-corrected chi connectivity index (χ3v) is 5.25. The van der Waals surface area contributed by atoms with Crippen LogP contribution in [-0.2, 0) is 4.74 Å². The van der Waals surface area contributed by atoms with E-state index in [1.807, 2.05) is 24.3 Å². The number of nitrogens with one attached hydrogen (secondary N) is 1.